The second-order valence-corrected chi connectivity index (χ2v) is 6.84. The Morgan fingerprint density at radius 1 is 1.46 bits per heavy atom. The summed E-state index contributed by atoms with van der Waals surface area (Å²) >= 11 is 5.29. The number of aromatic nitrogens is 4. The van der Waals surface area contributed by atoms with Crippen LogP contribution >= 0.6 is 12.2 Å². The molecular formula is C18H21N5O2S. The number of nitrogens with zero attached hydrogens (tertiary/aromatic N) is 4. The van der Waals surface area contributed by atoms with Gasteiger partial charge < -0.3 is 13.7 Å². The lowest BCUT2D eigenvalue weighted by atomic mass is 10.2. The van der Waals surface area contributed by atoms with E-state index in [-0.39, 0.29) is 0 Å². The van der Waals surface area contributed by atoms with Crippen LogP contribution in [0, 0.1) is 18.6 Å². The van der Waals surface area contributed by atoms with Crippen molar-refractivity contribution in [2.75, 3.05) is 6.61 Å². The minimum absolute atomic E-state index is 0.303. The van der Waals surface area contributed by atoms with Gasteiger partial charge in [0.25, 0.3) is 0 Å². The Bertz CT molecular complexity index is 974. The normalized spacial score (nSPS) is 17.5. The van der Waals surface area contributed by atoms with Crippen LogP contribution in [0.4, 0.5) is 0 Å². The SMILES string of the molecule is Cc1cc(/C=N\n2c(-c3ccco3)n[nH]c2=S)c(C)n1C[C@H]1CCCO1. The third-order valence-electron chi connectivity index (χ3n) is 4.73. The van der Waals surface area contributed by atoms with Gasteiger partial charge in [0.1, 0.15) is 0 Å². The number of rotatable bonds is 5. The van der Waals surface area contributed by atoms with Gasteiger partial charge in [0.15, 0.2) is 5.76 Å². The van der Waals surface area contributed by atoms with Gasteiger partial charge in [-0.2, -0.15) is 9.78 Å². The van der Waals surface area contributed by atoms with E-state index in [1.807, 2.05) is 12.3 Å². The lowest BCUT2D eigenvalue weighted by Crippen LogP contribution is -2.16. The highest BCUT2D eigenvalue weighted by atomic mass is 32.1. The molecule has 3 aromatic heterocycles. The van der Waals surface area contributed by atoms with Crippen molar-refractivity contribution >= 4 is 18.4 Å². The van der Waals surface area contributed by atoms with Crippen molar-refractivity contribution in [1.29, 1.82) is 0 Å². The molecule has 1 N–H and O–H groups in total. The molecule has 0 bridgehead atoms. The standard InChI is InChI=1S/C18H21N5O2S/c1-12-9-14(13(2)22(12)11-15-5-3-7-24-15)10-19-23-17(20-21-18(23)26)16-6-4-8-25-16/h4,6,8-10,15H,3,5,7,11H2,1-2H3,(H,21,26)/b19-10-/t15-/m1/s1. The highest BCUT2D eigenvalue weighted by molar-refractivity contribution is 7.71. The molecule has 4 heterocycles. The van der Waals surface area contributed by atoms with Crippen molar-refractivity contribution in [3.63, 3.8) is 0 Å². The molecule has 0 unspecified atom stereocenters. The molecule has 0 spiro atoms. The summed E-state index contributed by atoms with van der Waals surface area (Å²) in [6.07, 6.45) is 5.98. The van der Waals surface area contributed by atoms with Crippen LogP contribution in [0.2, 0.25) is 0 Å². The van der Waals surface area contributed by atoms with Crippen molar-refractivity contribution < 1.29 is 9.15 Å². The van der Waals surface area contributed by atoms with Gasteiger partial charge in [-0.1, -0.05) is 0 Å². The average molecular weight is 371 g/mol. The molecule has 4 rings (SSSR count). The van der Waals surface area contributed by atoms with Gasteiger partial charge in [-0.3, -0.25) is 0 Å². The molecule has 26 heavy (non-hydrogen) atoms. The molecule has 0 aliphatic carbocycles. The van der Waals surface area contributed by atoms with Gasteiger partial charge in [0, 0.05) is 30.1 Å². The zero-order valence-corrected chi connectivity index (χ0v) is 15.6. The summed E-state index contributed by atoms with van der Waals surface area (Å²) in [6, 6.07) is 5.76. The lowest BCUT2D eigenvalue weighted by Gasteiger charge is -2.14. The van der Waals surface area contributed by atoms with Crippen LogP contribution in [0.3, 0.4) is 0 Å². The first kappa shape index (κ1) is 17.0. The summed E-state index contributed by atoms with van der Waals surface area (Å²) < 4.78 is 15.5. The Labute approximate surface area is 156 Å². The van der Waals surface area contributed by atoms with Crippen molar-refractivity contribution in [1.82, 2.24) is 19.4 Å². The van der Waals surface area contributed by atoms with E-state index in [0.717, 1.165) is 37.3 Å². The predicted octanol–water partition coefficient (Wildman–Crippen LogP) is 3.68. The van der Waals surface area contributed by atoms with E-state index < -0.39 is 0 Å². The molecule has 1 saturated heterocycles. The molecule has 1 atom stereocenters. The third kappa shape index (κ3) is 3.17. The van der Waals surface area contributed by atoms with Gasteiger partial charge >= 0.3 is 0 Å². The number of H-pyrrole nitrogens is 1. The highest BCUT2D eigenvalue weighted by Crippen LogP contribution is 2.20. The maximum Gasteiger partial charge on any atom is 0.219 e. The predicted molar refractivity (Wildman–Crippen MR) is 101 cm³/mol. The number of aryl methyl sites for hydroxylation is 1. The van der Waals surface area contributed by atoms with E-state index in [1.165, 1.54) is 5.69 Å². The molecule has 1 aliphatic rings. The van der Waals surface area contributed by atoms with Crippen molar-refractivity contribution in [3.8, 4) is 11.6 Å². The first-order valence-electron chi connectivity index (χ1n) is 8.67. The summed E-state index contributed by atoms with van der Waals surface area (Å²) in [4.78, 5) is 0. The van der Waals surface area contributed by atoms with Crippen molar-refractivity contribution in [3.05, 3.63) is 46.2 Å². The van der Waals surface area contributed by atoms with E-state index in [1.54, 1.807) is 17.0 Å². The summed E-state index contributed by atoms with van der Waals surface area (Å²) in [5, 5.41) is 11.5. The summed E-state index contributed by atoms with van der Waals surface area (Å²) in [6.45, 7) is 5.96. The Morgan fingerprint density at radius 2 is 2.35 bits per heavy atom. The minimum atomic E-state index is 0.303. The molecule has 1 fully saturated rings. The summed E-state index contributed by atoms with van der Waals surface area (Å²) in [7, 11) is 0. The van der Waals surface area contributed by atoms with Crippen LogP contribution in [0.15, 0.2) is 34.0 Å². The van der Waals surface area contributed by atoms with Crippen LogP contribution < -0.4 is 0 Å². The van der Waals surface area contributed by atoms with Gasteiger partial charge in [0.05, 0.1) is 18.6 Å². The summed E-state index contributed by atoms with van der Waals surface area (Å²) in [5.41, 5.74) is 3.41. The Kier molecular flexibility index (Phi) is 4.60. The molecule has 8 heteroatoms. The first-order valence-corrected chi connectivity index (χ1v) is 9.08. The van der Waals surface area contributed by atoms with Gasteiger partial charge in [-0.05, 0) is 57.1 Å². The second-order valence-electron chi connectivity index (χ2n) is 6.46. The smallest absolute Gasteiger partial charge is 0.219 e. The zero-order chi connectivity index (χ0) is 18.1. The molecule has 7 nitrogen and oxygen atoms in total. The fourth-order valence-electron chi connectivity index (χ4n) is 3.32. The molecule has 0 radical (unpaired) electrons. The highest BCUT2D eigenvalue weighted by Gasteiger charge is 2.18. The number of hydrogen-bond acceptors (Lipinski definition) is 5. The van der Waals surface area contributed by atoms with Crippen LogP contribution in [-0.4, -0.2) is 38.4 Å². The minimum Gasteiger partial charge on any atom is -0.461 e. The first-order chi connectivity index (χ1) is 12.6. The van der Waals surface area contributed by atoms with E-state index in [0.29, 0.717) is 22.5 Å². The van der Waals surface area contributed by atoms with Gasteiger partial charge in [0.2, 0.25) is 10.6 Å². The van der Waals surface area contributed by atoms with Crippen molar-refractivity contribution in [2.24, 2.45) is 5.10 Å². The quantitative estimate of drug-likeness (QED) is 0.548. The third-order valence-corrected chi connectivity index (χ3v) is 4.99. The second kappa shape index (κ2) is 7.05. The zero-order valence-electron chi connectivity index (χ0n) is 14.8. The molecule has 3 aromatic rings. The maximum atomic E-state index is 5.77. The van der Waals surface area contributed by atoms with Crippen molar-refractivity contribution in [2.45, 2.75) is 39.3 Å². The van der Waals surface area contributed by atoms with Gasteiger partial charge in [-0.15, -0.1) is 5.10 Å². The number of hydrogen-bond donors (Lipinski definition) is 1. The molecule has 0 amide bonds. The van der Waals surface area contributed by atoms with E-state index >= 15 is 0 Å². The van der Waals surface area contributed by atoms with E-state index in [9.17, 15) is 0 Å². The summed E-state index contributed by atoms with van der Waals surface area (Å²) in [5.74, 6) is 1.16. The number of ether oxygens (including phenoxy) is 1. The van der Waals surface area contributed by atoms with Crippen LogP contribution in [0.1, 0.15) is 29.8 Å². The Morgan fingerprint density at radius 3 is 3.08 bits per heavy atom. The maximum absolute atomic E-state index is 5.77. The number of nitrogens with one attached hydrogen (secondary N) is 1. The molecule has 0 saturated carbocycles. The van der Waals surface area contributed by atoms with E-state index in [2.05, 4.69) is 39.8 Å². The lowest BCUT2D eigenvalue weighted by molar-refractivity contribution is 0.0962. The van der Waals surface area contributed by atoms with Crippen LogP contribution in [0.5, 0.6) is 0 Å². The van der Waals surface area contributed by atoms with Gasteiger partial charge in [-0.25, -0.2) is 5.10 Å². The van der Waals surface area contributed by atoms with Crippen LogP contribution in [-0.2, 0) is 11.3 Å². The molecular weight excluding hydrogens is 350 g/mol. The largest absolute Gasteiger partial charge is 0.461 e. The molecule has 136 valence electrons. The number of furan rings is 1. The van der Waals surface area contributed by atoms with E-state index in [4.69, 9.17) is 21.4 Å². The fourth-order valence-corrected chi connectivity index (χ4v) is 3.49. The fraction of sp³-hybridized carbons (Fsp3) is 0.389. The molecule has 1 aliphatic heterocycles. The Hall–Kier alpha value is -2.45. The average Bonchev–Trinajstić information content (AvgIpc) is 3.39. The topological polar surface area (TPSA) is 73.3 Å². The van der Waals surface area contributed by atoms with Crippen LogP contribution in [0.25, 0.3) is 11.6 Å². The Balaban J connectivity index is 1.62. The number of aromatic amines is 1. The molecule has 0 aromatic carbocycles. The monoisotopic (exact) mass is 371 g/mol.